The van der Waals surface area contributed by atoms with Gasteiger partial charge in [-0.2, -0.15) is 0 Å². The lowest BCUT2D eigenvalue weighted by atomic mass is 9.79. The number of dihydropyridines is 1. The number of carbonyl (C=O) groups is 2. The van der Waals surface area contributed by atoms with Crippen molar-refractivity contribution in [1.29, 1.82) is 0 Å². The Morgan fingerprint density at radius 1 is 1.00 bits per heavy atom. The number of hydrogen-bond acceptors (Lipinski definition) is 12. The molecule has 13 heteroatoms. The first-order chi connectivity index (χ1) is 21.6. The highest BCUT2D eigenvalue weighted by molar-refractivity contribution is 6.00. The lowest BCUT2D eigenvalue weighted by Crippen LogP contribution is -2.32. The minimum absolute atomic E-state index is 0.0940. The van der Waals surface area contributed by atoms with E-state index in [1.165, 1.54) is 25.3 Å². The minimum Gasteiger partial charge on any atom is -0.493 e. The molecule has 0 spiro atoms. The number of ether oxygens (including phenoxy) is 5. The lowest BCUT2D eigenvalue weighted by molar-refractivity contribution is -0.384. The van der Waals surface area contributed by atoms with Gasteiger partial charge >= 0.3 is 11.9 Å². The smallest absolute Gasteiger partial charge is 0.336 e. The number of hydrogen-bond donors (Lipinski definition) is 3. The van der Waals surface area contributed by atoms with Crippen LogP contribution in [-0.2, 0) is 19.1 Å². The van der Waals surface area contributed by atoms with Crippen LogP contribution in [0.1, 0.15) is 45.1 Å². The van der Waals surface area contributed by atoms with Gasteiger partial charge in [0.05, 0.1) is 49.4 Å². The number of nitro benzene ring substituents is 1. The first-order valence-corrected chi connectivity index (χ1v) is 14.6. The van der Waals surface area contributed by atoms with Crippen LogP contribution < -0.4 is 24.8 Å². The number of methoxy groups -OCH3 is 2. The minimum atomic E-state index is -1.03. The molecule has 1 aliphatic heterocycles. The predicted molar refractivity (Wildman–Crippen MR) is 165 cm³/mol. The fraction of sp³-hybridized carbons (Fsp3) is 0.438. The standard InChI is InChI=1S/C32H41N3O10/c1-6-43-32(38)29-21(3)34-20(2)28(31(37)42-5)30(29)24-17-22(35(39)40)13-14-25(24)44-16-10-9-15-33-18-23(36)19-45-27-12-8-7-11-26(27)41-4/h7-8,11-14,17,23,30,33-34,36H,6,9-10,15-16,18-19H2,1-5H3. The van der Waals surface area contributed by atoms with Gasteiger partial charge in [0.25, 0.3) is 5.69 Å². The van der Waals surface area contributed by atoms with Crippen molar-refractivity contribution >= 4 is 17.6 Å². The molecule has 0 aromatic heterocycles. The third-order valence-electron chi connectivity index (χ3n) is 7.06. The van der Waals surface area contributed by atoms with E-state index < -0.39 is 28.9 Å². The number of carbonyl (C=O) groups excluding carboxylic acids is 2. The third kappa shape index (κ3) is 9.19. The fourth-order valence-electron chi connectivity index (χ4n) is 4.96. The maximum Gasteiger partial charge on any atom is 0.336 e. The van der Waals surface area contributed by atoms with Crippen molar-refractivity contribution in [2.75, 3.05) is 47.1 Å². The number of nitrogens with one attached hydrogen (secondary N) is 2. The molecule has 0 radical (unpaired) electrons. The van der Waals surface area contributed by atoms with Gasteiger partial charge in [0, 0.05) is 35.6 Å². The SMILES string of the molecule is CCOC(=O)C1=C(C)NC(C)=C(C(=O)OC)C1c1cc([N+](=O)[O-])ccc1OCCCCNCC(O)COc1ccccc1OC. The summed E-state index contributed by atoms with van der Waals surface area (Å²) < 4.78 is 27.3. The van der Waals surface area contributed by atoms with E-state index in [2.05, 4.69) is 10.6 Å². The number of benzene rings is 2. The molecule has 1 aliphatic rings. The Morgan fingerprint density at radius 2 is 1.69 bits per heavy atom. The summed E-state index contributed by atoms with van der Waals surface area (Å²) in [5.74, 6) is -0.971. The average Bonchev–Trinajstić information content (AvgIpc) is 3.02. The van der Waals surface area contributed by atoms with Crippen molar-refractivity contribution in [2.24, 2.45) is 0 Å². The van der Waals surface area contributed by atoms with Crippen LogP contribution in [0.5, 0.6) is 17.2 Å². The Bertz CT molecular complexity index is 1420. The predicted octanol–water partition coefficient (Wildman–Crippen LogP) is 3.76. The molecule has 0 aliphatic carbocycles. The second kappa shape index (κ2) is 17.0. The molecule has 0 fully saturated rings. The molecule has 3 N–H and O–H groups in total. The first kappa shape index (κ1) is 34.9. The quantitative estimate of drug-likeness (QED) is 0.101. The topological polar surface area (TPSA) is 168 Å². The van der Waals surface area contributed by atoms with Crippen LogP contribution in [0.4, 0.5) is 5.69 Å². The maximum atomic E-state index is 13.1. The molecule has 1 heterocycles. The monoisotopic (exact) mass is 627 g/mol. The second-order valence-electron chi connectivity index (χ2n) is 10.2. The van der Waals surface area contributed by atoms with E-state index in [-0.39, 0.29) is 48.0 Å². The zero-order valence-electron chi connectivity index (χ0n) is 26.2. The summed E-state index contributed by atoms with van der Waals surface area (Å²) in [6.07, 6.45) is 0.585. The molecule has 2 aromatic carbocycles. The third-order valence-corrected chi connectivity index (χ3v) is 7.06. The number of allylic oxidation sites excluding steroid dienone is 2. The van der Waals surface area contributed by atoms with E-state index in [1.54, 1.807) is 40.0 Å². The number of esters is 2. The van der Waals surface area contributed by atoms with Crippen molar-refractivity contribution in [2.45, 2.75) is 45.6 Å². The van der Waals surface area contributed by atoms with Crippen LogP contribution in [0.15, 0.2) is 65.0 Å². The van der Waals surface area contributed by atoms with E-state index >= 15 is 0 Å². The molecule has 0 amide bonds. The molecule has 3 rings (SSSR count). The number of para-hydroxylation sites is 2. The van der Waals surface area contributed by atoms with E-state index in [0.717, 1.165) is 0 Å². The summed E-state index contributed by atoms with van der Waals surface area (Å²) in [6.45, 7) is 6.36. The number of nitro groups is 1. The van der Waals surface area contributed by atoms with Crippen molar-refractivity contribution in [3.8, 4) is 17.2 Å². The molecule has 244 valence electrons. The van der Waals surface area contributed by atoms with Gasteiger partial charge in [0.1, 0.15) is 18.5 Å². The van der Waals surface area contributed by atoms with Crippen LogP contribution in [0.25, 0.3) is 0 Å². The number of non-ortho nitro benzene ring substituents is 1. The second-order valence-corrected chi connectivity index (χ2v) is 10.2. The molecule has 2 aromatic rings. The molecule has 2 unspecified atom stereocenters. The Balaban J connectivity index is 1.67. The number of aliphatic hydroxyl groups excluding tert-OH is 1. The van der Waals surface area contributed by atoms with Gasteiger partial charge < -0.3 is 39.4 Å². The highest BCUT2D eigenvalue weighted by atomic mass is 16.6. The molecule has 0 saturated heterocycles. The zero-order valence-corrected chi connectivity index (χ0v) is 26.2. The summed E-state index contributed by atoms with van der Waals surface area (Å²) in [7, 11) is 2.77. The lowest BCUT2D eigenvalue weighted by Gasteiger charge is -2.31. The number of nitrogens with zero attached hydrogens (tertiary/aromatic N) is 1. The zero-order chi connectivity index (χ0) is 32.9. The maximum absolute atomic E-state index is 13.1. The molecular formula is C32H41N3O10. The number of aliphatic hydroxyl groups is 1. The molecule has 0 saturated carbocycles. The van der Waals surface area contributed by atoms with E-state index in [9.17, 15) is 24.8 Å². The van der Waals surface area contributed by atoms with Gasteiger partial charge in [-0.3, -0.25) is 10.1 Å². The van der Waals surface area contributed by atoms with Crippen molar-refractivity contribution in [1.82, 2.24) is 10.6 Å². The van der Waals surface area contributed by atoms with E-state index in [1.807, 2.05) is 12.1 Å². The Labute approximate surface area is 262 Å². The first-order valence-electron chi connectivity index (χ1n) is 14.6. The highest BCUT2D eigenvalue weighted by Crippen LogP contribution is 2.44. The summed E-state index contributed by atoms with van der Waals surface area (Å²) >= 11 is 0. The molecule has 45 heavy (non-hydrogen) atoms. The Morgan fingerprint density at radius 3 is 2.33 bits per heavy atom. The van der Waals surface area contributed by atoms with E-state index in [0.29, 0.717) is 48.8 Å². The van der Waals surface area contributed by atoms with Crippen LogP contribution in [0.3, 0.4) is 0 Å². The van der Waals surface area contributed by atoms with Gasteiger partial charge in [0.15, 0.2) is 11.5 Å². The largest absolute Gasteiger partial charge is 0.493 e. The van der Waals surface area contributed by atoms with Crippen LogP contribution >= 0.6 is 0 Å². The Kier molecular flexibility index (Phi) is 13.2. The van der Waals surface area contributed by atoms with Crippen molar-refractivity contribution in [3.63, 3.8) is 0 Å². The summed E-state index contributed by atoms with van der Waals surface area (Å²) in [6, 6.07) is 11.3. The normalized spacial score (nSPS) is 15.2. The molecule has 13 nitrogen and oxygen atoms in total. The summed E-state index contributed by atoms with van der Waals surface area (Å²) in [5.41, 5.74) is 1.18. The van der Waals surface area contributed by atoms with Gasteiger partial charge in [0.2, 0.25) is 0 Å². The fourth-order valence-corrected chi connectivity index (χ4v) is 4.96. The molecule has 2 atom stereocenters. The average molecular weight is 628 g/mol. The van der Waals surface area contributed by atoms with Gasteiger partial charge in [-0.05, 0) is 58.4 Å². The summed E-state index contributed by atoms with van der Waals surface area (Å²) in [4.78, 5) is 37.3. The van der Waals surface area contributed by atoms with Crippen LogP contribution in [-0.4, -0.2) is 75.2 Å². The van der Waals surface area contributed by atoms with Gasteiger partial charge in [-0.25, -0.2) is 9.59 Å². The van der Waals surface area contributed by atoms with Crippen LogP contribution in [0, 0.1) is 10.1 Å². The highest BCUT2D eigenvalue weighted by Gasteiger charge is 2.40. The number of unbranched alkanes of at least 4 members (excludes halogenated alkanes) is 1. The van der Waals surface area contributed by atoms with Crippen molar-refractivity contribution < 1.29 is 43.3 Å². The van der Waals surface area contributed by atoms with Crippen LogP contribution in [0.2, 0.25) is 0 Å². The molecular weight excluding hydrogens is 586 g/mol. The Hall–Kier alpha value is -4.62. The van der Waals surface area contributed by atoms with Gasteiger partial charge in [-0.15, -0.1) is 0 Å². The van der Waals surface area contributed by atoms with E-state index in [4.69, 9.17) is 23.7 Å². The molecule has 0 bridgehead atoms. The summed E-state index contributed by atoms with van der Waals surface area (Å²) in [5, 5.41) is 28.2. The number of rotatable bonds is 17. The van der Waals surface area contributed by atoms with Crippen molar-refractivity contribution in [3.05, 3.63) is 80.7 Å². The van der Waals surface area contributed by atoms with Gasteiger partial charge in [-0.1, -0.05) is 12.1 Å².